The Kier molecular flexibility index (Phi) is 5.38. The molecule has 0 atom stereocenters. The summed E-state index contributed by atoms with van der Waals surface area (Å²) >= 11 is 0. The van der Waals surface area contributed by atoms with Gasteiger partial charge in [-0.05, 0) is 62.4 Å². The minimum Gasteiger partial charge on any atom is -0.461 e. The van der Waals surface area contributed by atoms with Crippen molar-refractivity contribution in [2.24, 2.45) is 0 Å². The lowest BCUT2D eigenvalue weighted by molar-refractivity contribution is -0.385. The van der Waals surface area contributed by atoms with Crippen LogP contribution in [0.5, 0.6) is 11.5 Å². The van der Waals surface area contributed by atoms with Gasteiger partial charge in [-0.15, -0.1) is 0 Å². The van der Waals surface area contributed by atoms with Crippen molar-refractivity contribution < 1.29 is 22.5 Å². The minimum atomic E-state index is -3.78. The van der Waals surface area contributed by atoms with Crippen LogP contribution in [-0.2, 0) is 22.9 Å². The molecule has 1 aliphatic carbocycles. The number of furan rings is 1. The summed E-state index contributed by atoms with van der Waals surface area (Å²) in [5.74, 6) is 1.45. The van der Waals surface area contributed by atoms with Crippen molar-refractivity contribution in [2.75, 3.05) is 13.1 Å². The molecule has 9 heteroatoms. The molecule has 32 heavy (non-hydrogen) atoms. The summed E-state index contributed by atoms with van der Waals surface area (Å²) in [6, 6.07) is 9.19. The Hall–Kier alpha value is -2.91. The lowest BCUT2D eigenvalue weighted by atomic mass is 9.96. The maximum absolute atomic E-state index is 12.9. The van der Waals surface area contributed by atoms with Gasteiger partial charge in [0, 0.05) is 36.5 Å². The number of ether oxygens (including phenoxy) is 1. The second-order valence-electron chi connectivity index (χ2n) is 8.32. The zero-order valence-electron chi connectivity index (χ0n) is 17.6. The van der Waals surface area contributed by atoms with Gasteiger partial charge in [-0.3, -0.25) is 10.1 Å². The van der Waals surface area contributed by atoms with Gasteiger partial charge in [-0.2, -0.15) is 4.31 Å². The fraction of sp³-hybridized carbons (Fsp3) is 0.391. The fourth-order valence-electron chi connectivity index (χ4n) is 4.57. The maximum Gasteiger partial charge on any atom is 0.312 e. The third-order valence-corrected chi connectivity index (χ3v) is 8.13. The van der Waals surface area contributed by atoms with Crippen molar-refractivity contribution in [1.29, 1.82) is 0 Å². The number of fused-ring (bicyclic) bond motifs is 3. The highest BCUT2D eigenvalue weighted by atomic mass is 32.2. The van der Waals surface area contributed by atoms with Gasteiger partial charge in [0.1, 0.15) is 17.1 Å². The molecule has 8 nitrogen and oxygen atoms in total. The van der Waals surface area contributed by atoms with Crippen molar-refractivity contribution in [2.45, 2.75) is 49.8 Å². The number of piperidine rings is 1. The normalized spacial score (nSPS) is 17.2. The first-order valence-electron chi connectivity index (χ1n) is 10.9. The maximum atomic E-state index is 12.9. The van der Waals surface area contributed by atoms with Crippen molar-refractivity contribution in [3.05, 3.63) is 57.8 Å². The van der Waals surface area contributed by atoms with Gasteiger partial charge < -0.3 is 9.15 Å². The highest BCUT2D eigenvalue weighted by Gasteiger charge is 2.29. The van der Waals surface area contributed by atoms with Crippen LogP contribution < -0.4 is 4.74 Å². The van der Waals surface area contributed by atoms with E-state index in [9.17, 15) is 18.5 Å². The summed E-state index contributed by atoms with van der Waals surface area (Å²) in [5.41, 5.74) is 1.58. The first-order chi connectivity index (χ1) is 15.4. The highest BCUT2D eigenvalue weighted by molar-refractivity contribution is 7.89. The first kappa shape index (κ1) is 21.0. The van der Waals surface area contributed by atoms with Crippen LogP contribution in [0.3, 0.4) is 0 Å². The second-order valence-corrected chi connectivity index (χ2v) is 10.3. The van der Waals surface area contributed by atoms with E-state index in [0.717, 1.165) is 67.7 Å². The van der Waals surface area contributed by atoms with E-state index in [1.54, 1.807) is 6.07 Å². The van der Waals surface area contributed by atoms with E-state index >= 15 is 0 Å². The molecule has 0 saturated carbocycles. The molecule has 5 rings (SSSR count). The van der Waals surface area contributed by atoms with Crippen LogP contribution >= 0.6 is 0 Å². The summed E-state index contributed by atoms with van der Waals surface area (Å²) in [7, 11) is -3.78. The van der Waals surface area contributed by atoms with E-state index in [1.165, 1.54) is 22.0 Å². The molecule has 2 aliphatic rings. The topological polar surface area (TPSA) is 103 Å². The van der Waals surface area contributed by atoms with Gasteiger partial charge in [0.2, 0.25) is 15.8 Å². The molecule has 3 aromatic rings. The Morgan fingerprint density at radius 2 is 1.75 bits per heavy atom. The molecule has 0 unspecified atom stereocenters. The molecule has 0 radical (unpaired) electrons. The molecule has 168 valence electrons. The number of aryl methyl sites for hydroxylation is 2. The Morgan fingerprint density at radius 1 is 0.969 bits per heavy atom. The molecule has 2 aromatic carbocycles. The SMILES string of the molecule is O=[N+]([O-])c1cc(S(=O)(=O)N2CCCCC2)ccc1Oc1ccc2oc3c(c2c1)CCCC3. The number of nitro benzene ring substituents is 1. The van der Waals surface area contributed by atoms with Crippen LogP contribution in [0.15, 0.2) is 45.7 Å². The highest BCUT2D eigenvalue weighted by Crippen LogP contribution is 2.38. The van der Waals surface area contributed by atoms with E-state index in [2.05, 4.69) is 0 Å². The second kappa shape index (κ2) is 8.22. The number of benzene rings is 2. The van der Waals surface area contributed by atoms with Crippen LogP contribution in [0.25, 0.3) is 11.0 Å². The average molecular weight is 457 g/mol. The van der Waals surface area contributed by atoms with E-state index in [1.807, 2.05) is 12.1 Å². The Labute approximate surface area is 186 Å². The van der Waals surface area contributed by atoms with E-state index in [-0.39, 0.29) is 16.3 Å². The summed E-state index contributed by atoms with van der Waals surface area (Å²) < 4.78 is 39.1. The quantitative estimate of drug-likeness (QED) is 0.387. The van der Waals surface area contributed by atoms with Gasteiger partial charge in [-0.25, -0.2) is 8.42 Å². The van der Waals surface area contributed by atoms with Crippen molar-refractivity contribution in [1.82, 2.24) is 4.31 Å². The van der Waals surface area contributed by atoms with Gasteiger partial charge in [0.25, 0.3) is 0 Å². The molecule has 0 amide bonds. The first-order valence-corrected chi connectivity index (χ1v) is 12.4. The van der Waals surface area contributed by atoms with Gasteiger partial charge in [0.15, 0.2) is 0 Å². The number of hydrogen-bond acceptors (Lipinski definition) is 6. The fourth-order valence-corrected chi connectivity index (χ4v) is 6.11. The van der Waals surface area contributed by atoms with Crippen molar-refractivity contribution in [3.63, 3.8) is 0 Å². The number of nitrogens with zero attached hydrogens (tertiary/aromatic N) is 2. The zero-order valence-corrected chi connectivity index (χ0v) is 18.4. The van der Waals surface area contributed by atoms with Crippen LogP contribution in [-0.4, -0.2) is 30.7 Å². The van der Waals surface area contributed by atoms with Gasteiger partial charge in [0.05, 0.1) is 9.82 Å². The number of rotatable bonds is 5. The molecule has 0 spiro atoms. The minimum absolute atomic E-state index is 0.00399. The zero-order chi connectivity index (χ0) is 22.3. The van der Waals surface area contributed by atoms with Gasteiger partial charge in [-0.1, -0.05) is 6.42 Å². The van der Waals surface area contributed by atoms with Crippen LogP contribution in [0.4, 0.5) is 5.69 Å². The third-order valence-electron chi connectivity index (χ3n) is 6.23. The molecule has 1 fully saturated rings. The summed E-state index contributed by atoms with van der Waals surface area (Å²) in [6.45, 7) is 0.868. The Morgan fingerprint density at radius 3 is 2.53 bits per heavy atom. The van der Waals surface area contributed by atoms with E-state index < -0.39 is 14.9 Å². The molecule has 0 N–H and O–H groups in total. The summed E-state index contributed by atoms with van der Waals surface area (Å²) in [6.07, 6.45) is 6.64. The van der Waals surface area contributed by atoms with Crippen LogP contribution in [0.2, 0.25) is 0 Å². The number of sulfonamides is 1. The van der Waals surface area contributed by atoms with E-state index in [0.29, 0.717) is 18.8 Å². The summed E-state index contributed by atoms with van der Waals surface area (Å²) in [4.78, 5) is 11.0. The van der Waals surface area contributed by atoms with Crippen LogP contribution in [0.1, 0.15) is 43.4 Å². The van der Waals surface area contributed by atoms with Crippen molar-refractivity contribution >= 4 is 26.7 Å². The number of hydrogen-bond donors (Lipinski definition) is 0. The Bertz CT molecular complexity index is 1290. The molecular formula is C23H24N2O6S. The average Bonchev–Trinajstić information content (AvgIpc) is 3.18. The lowest BCUT2D eigenvalue weighted by Crippen LogP contribution is -2.35. The monoisotopic (exact) mass is 456 g/mol. The number of nitro groups is 1. The molecule has 2 heterocycles. The molecule has 0 bridgehead atoms. The predicted octanol–water partition coefficient (Wildman–Crippen LogP) is 5.19. The van der Waals surface area contributed by atoms with Gasteiger partial charge >= 0.3 is 5.69 Å². The molecule has 1 aromatic heterocycles. The molecule has 1 saturated heterocycles. The van der Waals surface area contributed by atoms with E-state index in [4.69, 9.17) is 9.15 Å². The third kappa shape index (κ3) is 3.75. The largest absolute Gasteiger partial charge is 0.461 e. The standard InChI is InChI=1S/C23H24N2O6S/c26-25(27)20-15-17(32(28,29)24-12-4-1-5-13-24)9-11-23(20)30-16-8-10-22-19(14-16)18-6-2-3-7-21(18)31-22/h8-11,14-15H,1-7,12-13H2. The molecule has 1 aliphatic heterocycles. The van der Waals surface area contributed by atoms with Crippen molar-refractivity contribution in [3.8, 4) is 11.5 Å². The Balaban J connectivity index is 1.48. The summed E-state index contributed by atoms with van der Waals surface area (Å²) in [5, 5.41) is 12.7. The van der Waals surface area contributed by atoms with Crippen LogP contribution in [0, 0.1) is 10.1 Å². The molecular weight excluding hydrogens is 432 g/mol. The predicted molar refractivity (Wildman–Crippen MR) is 119 cm³/mol. The lowest BCUT2D eigenvalue weighted by Gasteiger charge is -2.25. The smallest absolute Gasteiger partial charge is 0.312 e.